The fourth-order valence-electron chi connectivity index (χ4n) is 0.795. The molecule has 0 saturated carbocycles. The van der Waals surface area contributed by atoms with Gasteiger partial charge in [-0.25, -0.2) is 13.1 Å². The smallest absolute Gasteiger partial charge is 0.213 e. The molecular weight excluding hydrogens is 190 g/mol. The molecule has 0 saturated heterocycles. The average molecular weight is 209 g/mol. The number of hydrogen-bond acceptors (Lipinski definition) is 3. The Balaban J connectivity index is 3.53. The Hall–Kier alpha value is -0.130. The minimum atomic E-state index is -3.10. The van der Waals surface area contributed by atoms with Crippen molar-refractivity contribution in [2.45, 2.75) is 38.4 Å². The highest BCUT2D eigenvalue weighted by atomic mass is 32.2. The molecular formula is C8H19NO3S. The topological polar surface area (TPSA) is 66.4 Å². The Labute approximate surface area is 80.4 Å². The van der Waals surface area contributed by atoms with Gasteiger partial charge in [0.25, 0.3) is 0 Å². The lowest BCUT2D eigenvalue weighted by Gasteiger charge is -2.08. The van der Waals surface area contributed by atoms with Crippen molar-refractivity contribution in [3.8, 4) is 0 Å². The van der Waals surface area contributed by atoms with Crippen molar-refractivity contribution in [2.75, 3.05) is 13.2 Å². The van der Waals surface area contributed by atoms with E-state index in [1.807, 2.05) is 0 Å². The number of rotatable bonds is 7. The molecule has 0 spiro atoms. The second-order valence-electron chi connectivity index (χ2n) is 3.27. The molecule has 5 heteroatoms. The van der Waals surface area contributed by atoms with Gasteiger partial charge in [0.05, 0.1) is 5.25 Å². The van der Waals surface area contributed by atoms with E-state index in [0.717, 1.165) is 19.3 Å². The van der Waals surface area contributed by atoms with Crippen LogP contribution in [0.4, 0.5) is 0 Å². The number of hydrogen-bond donors (Lipinski definition) is 2. The van der Waals surface area contributed by atoms with Crippen LogP contribution in [0.3, 0.4) is 0 Å². The van der Waals surface area contributed by atoms with Gasteiger partial charge in [0, 0.05) is 13.2 Å². The van der Waals surface area contributed by atoms with E-state index in [4.69, 9.17) is 5.11 Å². The lowest BCUT2D eigenvalue weighted by atomic mass is 10.2. The first-order valence-electron chi connectivity index (χ1n) is 4.60. The molecule has 0 amide bonds. The van der Waals surface area contributed by atoms with Crippen LogP contribution in [0.5, 0.6) is 0 Å². The van der Waals surface area contributed by atoms with E-state index < -0.39 is 10.0 Å². The lowest BCUT2D eigenvalue weighted by molar-refractivity contribution is 0.283. The predicted molar refractivity (Wildman–Crippen MR) is 53.0 cm³/mol. The van der Waals surface area contributed by atoms with Crippen molar-refractivity contribution in [3.05, 3.63) is 0 Å². The largest absolute Gasteiger partial charge is 0.396 e. The van der Waals surface area contributed by atoms with Crippen LogP contribution in [0.15, 0.2) is 0 Å². The highest BCUT2D eigenvalue weighted by molar-refractivity contribution is 7.90. The van der Waals surface area contributed by atoms with Crippen LogP contribution in [0.2, 0.25) is 0 Å². The van der Waals surface area contributed by atoms with Gasteiger partial charge >= 0.3 is 0 Å². The zero-order chi connectivity index (χ0) is 10.3. The molecule has 0 aromatic carbocycles. The van der Waals surface area contributed by atoms with Gasteiger partial charge in [-0.2, -0.15) is 0 Å². The first-order valence-corrected chi connectivity index (χ1v) is 6.14. The summed E-state index contributed by atoms with van der Waals surface area (Å²) >= 11 is 0. The van der Waals surface area contributed by atoms with E-state index in [0.29, 0.717) is 6.54 Å². The third-order valence-corrected chi connectivity index (χ3v) is 3.61. The predicted octanol–water partition coefficient (Wildman–Crippen LogP) is 0.477. The standard InChI is InChI=1S/C8H19NO3S/c1-8(2)13(11,12)9-6-4-3-5-7-10/h8-10H,3-7H2,1-2H3. The Morgan fingerprint density at radius 3 is 2.31 bits per heavy atom. The third kappa shape index (κ3) is 6.01. The first-order chi connectivity index (χ1) is 6.00. The van der Waals surface area contributed by atoms with Gasteiger partial charge in [0.2, 0.25) is 10.0 Å². The number of aliphatic hydroxyl groups excluding tert-OH is 1. The summed E-state index contributed by atoms with van der Waals surface area (Å²) in [4.78, 5) is 0. The van der Waals surface area contributed by atoms with E-state index in [9.17, 15) is 8.42 Å². The molecule has 0 atom stereocenters. The zero-order valence-electron chi connectivity index (χ0n) is 8.28. The van der Waals surface area contributed by atoms with Crippen LogP contribution in [0, 0.1) is 0 Å². The van der Waals surface area contributed by atoms with Crippen molar-refractivity contribution >= 4 is 10.0 Å². The van der Waals surface area contributed by atoms with Gasteiger partial charge in [0.1, 0.15) is 0 Å². The van der Waals surface area contributed by atoms with Crippen molar-refractivity contribution in [3.63, 3.8) is 0 Å². The Morgan fingerprint density at radius 1 is 1.23 bits per heavy atom. The summed E-state index contributed by atoms with van der Waals surface area (Å²) in [7, 11) is -3.10. The Kier molecular flexibility index (Phi) is 6.28. The summed E-state index contributed by atoms with van der Waals surface area (Å²) in [6.07, 6.45) is 2.38. The minimum absolute atomic E-state index is 0.178. The molecule has 0 rings (SSSR count). The quantitative estimate of drug-likeness (QED) is 0.599. The summed E-state index contributed by atoms with van der Waals surface area (Å²) in [6, 6.07) is 0. The molecule has 13 heavy (non-hydrogen) atoms. The maximum Gasteiger partial charge on any atom is 0.213 e. The van der Waals surface area contributed by atoms with Gasteiger partial charge in [0.15, 0.2) is 0 Å². The molecule has 0 aliphatic carbocycles. The van der Waals surface area contributed by atoms with Crippen LogP contribution in [0.25, 0.3) is 0 Å². The summed E-state index contributed by atoms with van der Waals surface area (Å²) in [6.45, 7) is 3.95. The van der Waals surface area contributed by atoms with Crippen molar-refractivity contribution in [1.82, 2.24) is 4.72 Å². The second kappa shape index (κ2) is 6.34. The van der Waals surface area contributed by atoms with E-state index >= 15 is 0 Å². The lowest BCUT2D eigenvalue weighted by Crippen LogP contribution is -2.31. The normalized spacial score (nSPS) is 12.3. The maximum atomic E-state index is 11.2. The van der Waals surface area contributed by atoms with E-state index in [2.05, 4.69) is 4.72 Å². The second-order valence-corrected chi connectivity index (χ2v) is 5.59. The van der Waals surface area contributed by atoms with Crippen molar-refractivity contribution in [2.24, 2.45) is 0 Å². The highest BCUT2D eigenvalue weighted by Crippen LogP contribution is 1.97. The van der Waals surface area contributed by atoms with Crippen LogP contribution in [-0.2, 0) is 10.0 Å². The zero-order valence-corrected chi connectivity index (χ0v) is 9.10. The molecule has 4 nitrogen and oxygen atoms in total. The average Bonchev–Trinajstić information content (AvgIpc) is 2.03. The van der Waals surface area contributed by atoms with Gasteiger partial charge in [-0.3, -0.25) is 0 Å². The molecule has 0 aliphatic heterocycles. The van der Waals surface area contributed by atoms with Crippen LogP contribution >= 0.6 is 0 Å². The maximum absolute atomic E-state index is 11.2. The molecule has 0 aromatic rings. The third-order valence-electron chi connectivity index (χ3n) is 1.76. The molecule has 0 unspecified atom stereocenters. The Bertz CT molecular complexity index is 211. The summed E-state index contributed by atoms with van der Waals surface area (Å²) in [5.41, 5.74) is 0. The molecule has 0 radical (unpaired) electrons. The number of sulfonamides is 1. The minimum Gasteiger partial charge on any atom is -0.396 e. The molecule has 2 N–H and O–H groups in total. The van der Waals surface area contributed by atoms with Crippen LogP contribution in [-0.4, -0.2) is 31.9 Å². The Morgan fingerprint density at radius 2 is 1.85 bits per heavy atom. The SMILES string of the molecule is CC(C)S(=O)(=O)NCCCCCO. The number of aliphatic hydroxyl groups is 1. The summed E-state index contributed by atoms with van der Waals surface area (Å²) in [5, 5.41) is 8.10. The van der Waals surface area contributed by atoms with Crippen molar-refractivity contribution in [1.29, 1.82) is 0 Å². The monoisotopic (exact) mass is 209 g/mol. The fraction of sp³-hybridized carbons (Fsp3) is 1.00. The van der Waals surface area contributed by atoms with Gasteiger partial charge < -0.3 is 5.11 Å². The van der Waals surface area contributed by atoms with Crippen LogP contribution < -0.4 is 4.72 Å². The van der Waals surface area contributed by atoms with Gasteiger partial charge in [-0.05, 0) is 33.1 Å². The van der Waals surface area contributed by atoms with Crippen molar-refractivity contribution < 1.29 is 13.5 Å². The van der Waals surface area contributed by atoms with Crippen LogP contribution in [0.1, 0.15) is 33.1 Å². The van der Waals surface area contributed by atoms with E-state index in [1.54, 1.807) is 13.8 Å². The summed E-state index contributed by atoms with van der Waals surface area (Å²) in [5.74, 6) is 0. The number of unbranched alkanes of at least 4 members (excludes halogenated alkanes) is 2. The first kappa shape index (κ1) is 12.9. The number of nitrogens with one attached hydrogen (secondary N) is 1. The molecule has 80 valence electrons. The fourth-order valence-corrected chi connectivity index (χ4v) is 1.56. The van der Waals surface area contributed by atoms with Gasteiger partial charge in [-0.15, -0.1) is 0 Å². The highest BCUT2D eigenvalue weighted by Gasteiger charge is 2.13. The molecule has 0 aromatic heterocycles. The summed E-state index contributed by atoms with van der Waals surface area (Å²) < 4.78 is 24.9. The molecule has 0 fully saturated rings. The van der Waals surface area contributed by atoms with Gasteiger partial charge in [-0.1, -0.05) is 0 Å². The van der Waals surface area contributed by atoms with E-state index in [-0.39, 0.29) is 11.9 Å². The molecule has 0 bridgehead atoms. The molecule has 0 aliphatic rings. The van der Waals surface area contributed by atoms with E-state index in [1.165, 1.54) is 0 Å². The molecule has 0 heterocycles.